The van der Waals surface area contributed by atoms with Crippen LogP contribution in [0.2, 0.25) is 0 Å². The van der Waals surface area contributed by atoms with Crippen molar-refractivity contribution in [3.63, 3.8) is 0 Å². The van der Waals surface area contributed by atoms with E-state index in [1.54, 1.807) is 0 Å². The fourth-order valence-corrected chi connectivity index (χ4v) is 2.54. The van der Waals surface area contributed by atoms with E-state index in [-0.39, 0.29) is 0 Å². The third-order valence-electron chi connectivity index (χ3n) is 3.70. The monoisotopic (exact) mass is 257 g/mol. The molecule has 4 nitrogen and oxygen atoms in total. The van der Waals surface area contributed by atoms with Crippen molar-refractivity contribution in [2.45, 2.75) is 45.3 Å². The van der Waals surface area contributed by atoms with Crippen molar-refractivity contribution in [2.24, 2.45) is 5.73 Å². The highest BCUT2D eigenvalue weighted by atomic mass is 16.5. The van der Waals surface area contributed by atoms with Crippen LogP contribution in [0.5, 0.6) is 0 Å². The quantitative estimate of drug-likeness (QED) is 0.673. The lowest BCUT2D eigenvalue weighted by atomic mass is 10.3. The van der Waals surface area contributed by atoms with Crippen LogP contribution in [0.15, 0.2) is 0 Å². The Morgan fingerprint density at radius 2 is 1.94 bits per heavy atom. The van der Waals surface area contributed by atoms with Crippen LogP contribution >= 0.6 is 0 Å². The van der Waals surface area contributed by atoms with E-state index in [4.69, 9.17) is 10.5 Å². The molecular weight excluding hydrogens is 226 g/mol. The Labute approximate surface area is 112 Å². The van der Waals surface area contributed by atoms with Gasteiger partial charge in [-0.1, -0.05) is 0 Å². The van der Waals surface area contributed by atoms with Crippen LogP contribution in [-0.4, -0.2) is 68.3 Å². The number of nitrogens with zero attached hydrogens (tertiary/aromatic N) is 2. The lowest BCUT2D eigenvalue weighted by molar-refractivity contribution is 0.0123. The summed E-state index contributed by atoms with van der Waals surface area (Å²) in [6.45, 7) is 10.6. The smallest absolute Gasteiger partial charge is 0.0674 e. The van der Waals surface area contributed by atoms with E-state index in [1.807, 2.05) is 0 Å². The molecule has 0 radical (unpaired) electrons. The molecule has 0 saturated carbocycles. The summed E-state index contributed by atoms with van der Waals surface area (Å²) in [7, 11) is 2.14. The molecule has 0 amide bonds. The molecule has 18 heavy (non-hydrogen) atoms. The molecule has 0 aromatic heterocycles. The molecule has 1 rings (SSSR count). The summed E-state index contributed by atoms with van der Waals surface area (Å²) in [5, 5.41) is 0. The maximum absolute atomic E-state index is 5.95. The first-order chi connectivity index (χ1) is 8.63. The zero-order chi connectivity index (χ0) is 13.4. The molecule has 2 N–H and O–H groups in total. The topological polar surface area (TPSA) is 41.7 Å². The summed E-state index contributed by atoms with van der Waals surface area (Å²) in [5.41, 5.74) is 5.51. The van der Waals surface area contributed by atoms with Crippen molar-refractivity contribution in [3.05, 3.63) is 0 Å². The van der Waals surface area contributed by atoms with Crippen LogP contribution in [0.25, 0.3) is 0 Å². The SMILES string of the molecule is CC(CN(C)CCCN)OCC(C)N1CCCC1. The Bertz CT molecular complexity index is 207. The van der Waals surface area contributed by atoms with Gasteiger partial charge in [-0.2, -0.15) is 0 Å². The molecule has 0 aliphatic carbocycles. The Morgan fingerprint density at radius 1 is 1.28 bits per heavy atom. The van der Waals surface area contributed by atoms with Crippen molar-refractivity contribution < 1.29 is 4.74 Å². The standard InChI is InChI=1S/C14H31N3O/c1-13(17-9-4-5-10-17)12-18-14(2)11-16(3)8-6-7-15/h13-14H,4-12,15H2,1-3H3. The van der Waals surface area contributed by atoms with Crippen molar-refractivity contribution in [2.75, 3.05) is 46.4 Å². The van der Waals surface area contributed by atoms with E-state index >= 15 is 0 Å². The Morgan fingerprint density at radius 3 is 2.56 bits per heavy atom. The molecule has 0 bridgehead atoms. The highest BCUT2D eigenvalue weighted by Crippen LogP contribution is 2.12. The zero-order valence-electron chi connectivity index (χ0n) is 12.4. The Kier molecular flexibility index (Phi) is 7.82. The average Bonchev–Trinajstić information content (AvgIpc) is 2.87. The van der Waals surface area contributed by atoms with Crippen molar-refractivity contribution in [1.82, 2.24) is 9.80 Å². The first kappa shape index (κ1) is 15.9. The molecule has 2 atom stereocenters. The van der Waals surface area contributed by atoms with Gasteiger partial charge >= 0.3 is 0 Å². The van der Waals surface area contributed by atoms with E-state index in [0.29, 0.717) is 12.1 Å². The summed E-state index contributed by atoms with van der Waals surface area (Å²) in [6, 6.07) is 0.560. The number of hydrogen-bond donors (Lipinski definition) is 1. The third kappa shape index (κ3) is 6.14. The van der Waals surface area contributed by atoms with Gasteiger partial charge in [0.25, 0.3) is 0 Å². The zero-order valence-corrected chi connectivity index (χ0v) is 12.4. The van der Waals surface area contributed by atoms with Crippen LogP contribution in [0, 0.1) is 0 Å². The molecule has 2 unspecified atom stereocenters. The summed E-state index contributed by atoms with van der Waals surface area (Å²) in [4.78, 5) is 4.84. The molecule has 1 heterocycles. The molecule has 1 aliphatic rings. The fraction of sp³-hybridized carbons (Fsp3) is 1.00. The van der Waals surface area contributed by atoms with E-state index in [0.717, 1.165) is 32.7 Å². The predicted octanol–water partition coefficient (Wildman–Crippen LogP) is 1.16. The molecule has 1 aliphatic heterocycles. The van der Waals surface area contributed by atoms with Gasteiger partial charge in [-0.05, 0) is 66.3 Å². The lowest BCUT2D eigenvalue weighted by Crippen LogP contribution is -2.37. The lowest BCUT2D eigenvalue weighted by Gasteiger charge is -2.27. The van der Waals surface area contributed by atoms with Gasteiger partial charge in [-0.3, -0.25) is 4.90 Å². The summed E-state index contributed by atoms with van der Waals surface area (Å²) >= 11 is 0. The van der Waals surface area contributed by atoms with Crippen molar-refractivity contribution in [1.29, 1.82) is 0 Å². The van der Waals surface area contributed by atoms with Gasteiger partial charge in [-0.15, -0.1) is 0 Å². The van der Waals surface area contributed by atoms with Gasteiger partial charge in [-0.25, -0.2) is 0 Å². The van der Waals surface area contributed by atoms with E-state index < -0.39 is 0 Å². The maximum atomic E-state index is 5.95. The first-order valence-electron chi connectivity index (χ1n) is 7.37. The van der Waals surface area contributed by atoms with Crippen molar-refractivity contribution >= 4 is 0 Å². The van der Waals surface area contributed by atoms with Gasteiger partial charge < -0.3 is 15.4 Å². The number of rotatable bonds is 9. The van der Waals surface area contributed by atoms with Crippen LogP contribution in [0.1, 0.15) is 33.1 Å². The molecule has 0 aromatic rings. The second-order valence-electron chi connectivity index (χ2n) is 5.64. The van der Waals surface area contributed by atoms with E-state index in [1.165, 1.54) is 25.9 Å². The minimum atomic E-state index is 0.304. The van der Waals surface area contributed by atoms with Gasteiger partial charge in [0, 0.05) is 12.6 Å². The average molecular weight is 257 g/mol. The molecule has 0 aromatic carbocycles. The minimum Gasteiger partial charge on any atom is -0.376 e. The summed E-state index contributed by atoms with van der Waals surface area (Å²) in [5.74, 6) is 0. The van der Waals surface area contributed by atoms with Crippen LogP contribution in [0.4, 0.5) is 0 Å². The number of likely N-dealkylation sites (N-methyl/N-ethyl adjacent to an activating group) is 1. The second-order valence-corrected chi connectivity index (χ2v) is 5.64. The van der Waals surface area contributed by atoms with Gasteiger partial charge in [0.2, 0.25) is 0 Å². The maximum Gasteiger partial charge on any atom is 0.0674 e. The molecule has 1 fully saturated rings. The Hall–Kier alpha value is -0.160. The van der Waals surface area contributed by atoms with E-state index in [2.05, 4.69) is 30.7 Å². The highest BCUT2D eigenvalue weighted by molar-refractivity contribution is 4.73. The fourth-order valence-electron chi connectivity index (χ4n) is 2.54. The van der Waals surface area contributed by atoms with Gasteiger partial charge in [0.05, 0.1) is 12.7 Å². The van der Waals surface area contributed by atoms with Crippen molar-refractivity contribution in [3.8, 4) is 0 Å². The highest BCUT2D eigenvalue weighted by Gasteiger charge is 2.18. The normalized spacial score (nSPS) is 20.5. The number of nitrogens with two attached hydrogens (primary N) is 1. The Balaban J connectivity index is 2.09. The largest absolute Gasteiger partial charge is 0.376 e. The second kappa shape index (κ2) is 8.86. The van der Waals surface area contributed by atoms with Crippen LogP contribution < -0.4 is 5.73 Å². The van der Waals surface area contributed by atoms with E-state index in [9.17, 15) is 0 Å². The summed E-state index contributed by atoms with van der Waals surface area (Å²) in [6.07, 6.45) is 4.06. The number of likely N-dealkylation sites (tertiary alicyclic amines) is 1. The number of ether oxygens (including phenoxy) is 1. The van der Waals surface area contributed by atoms with Crippen LogP contribution in [-0.2, 0) is 4.74 Å². The molecular formula is C14H31N3O. The van der Waals surface area contributed by atoms with Crippen LogP contribution in [0.3, 0.4) is 0 Å². The predicted molar refractivity (Wildman–Crippen MR) is 76.9 cm³/mol. The van der Waals surface area contributed by atoms with Gasteiger partial charge in [0.15, 0.2) is 0 Å². The van der Waals surface area contributed by atoms with Gasteiger partial charge in [0.1, 0.15) is 0 Å². The summed E-state index contributed by atoms with van der Waals surface area (Å²) < 4.78 is 5.95. The molecule has 1 saturated heterocycles. The minimum absolute atomic E-state index is 0.304. The molecule has 0 spiro atoms. The third-order valence-corrected chi connectivity index (χ3v) is 3.70. The molecule has 4 heteroatoms. The first-order valence-corrected chi connectivity index (χ1v) is 7.37. The molecule has 108 valence electrons. The number of hydrogen-bond acceptors (Lipinski definition) is 4.